The number of hydrogen-bond acceptors (Lipinski definition) is 4. The quantitative estimate of drug-likeness (QED) is 0.777. The monoisotopic (exact) mass is 381 g/mol. The second kappa shape index (κ2) is 8.57. The Bertz CT molecular complexity index is 803. The lowest BCUT2D eigenvalue weighted by molar-refractivity contribution is -0.137. The van der Waals surface area contributed by atoms with Gasteiger partial charge in [0.05, 0.1) is 18.2 Å². The maximum Gasteiger partial charge on any atom is 0.416 e. The maximum atomic E-state index is 12.7. The smallest absolute Gasteiger partial charge is 0.416 e. The molecule has 0 saturated carbocycles. The predicted octanol–water partition coefficient (Wildman–Crippen LogP) is 3.58. The molecule has 0 aliphatic carbocycles. The predicted molar refractivity (Wildman–Crippen MR) is 91.2 cm³/mol. The molecule has 0 radical (unpaired) electrons. The Labute approximate surface area is 154 Å². The minimum absolute atomic E-state index is 0.203. The van der Waals surface area contributed by atoms with Gasteiger partial charge in [-0.2, -0.15) is 13.2 Å². The SMILES string of the molecule is COc1ccc(CNC(=O)[C@@H](C)OC(=O)c2cccc(C(F)(F)F)c2)cc1. The first-order chi connectivity index (χ1) is 12.7. The van der Waals surface area contributed by atoms with Crippen LogP contribution in [0.25, 0.3) is 0 Å². The first kappa shape index (κ1) is 20.3. The minimum Gasteiger partial charge on any atom is -0.497 e. The zero-order valence-corrected chi connectivity index (χ0v) is 14.7. The van der Waals surface area contributed by atoms with Crippen LogP contribution >= 0.6 is 0 Å². The summed E-state index contributed by atoms with van der Waals surface area (Å²) in [5, 5.41) is 2.59. The zero-order chi connectivity index (χ0) is 20.0. The Balaban J connectivity index is 1.92. The third-order valence-electron chi connectivity index (χ3n) is 3.70. The highest BCUT2D eigenvalue weighted by molar-refractivity contribution is 5.92. The molecule has 27 heavy (non-hydrogen) atoms. The molecule has 0 aliphatic heterocycles. The number of rotatable bonds is 6. The van der Waals surface area contributed by atoms with Crippen molar-refractivity contribution in [3.63, 3.8) is 0 Å². The van der Waals surface area contributed by atoms with E-state index in [4.69, 9.17) is 9.47 Å². The maximum absolute atomic E-state index is 12.7. The van der Waals surface area contributed by atoms with Crippen molar-refractivity contribution in [3.8, 4) is 5.75 Å². The molecular weight excluding hydrogens is 363 g/mol. The number of methoxy groups -OCH3 is 1. The van der Waals surface area contributed by atoms with Crippen LogP contribution in [0, 0.1) is 0 Å². The fourth-order valence-electron chi connectivity index (χ4n) is 2.18. The van der Waals surface area contributed by atoms with Crippen LogP contribution < -0.4 is 10.1 Å². The number of halogens is 3. The number of carbonyl (C=O) groups is 2. The molecule has 1 amide bonds. The van der Waals surface area contributed by atoms with E-state index < -0.39 is 29.7 Å². The Morgan fingerprint density at radius 1 is 1.11 bits per heavy atom. The van der Waals surface area contributed by atoms with Gasteiger partial charge in [-0.25, -0.2) is 4.79 Å². The summed E-state index contributed by atoms with van der Waals surface area (Å²) in [7, 11) is 1.54. The Morgan fingerprint density at radius 3 is 2.37 bits per heavy atom. The lowest BCUT2D eigenvalue weighted by Gasteiger charge is -2.14. The van der Waals surface area contributed by atoms with Gasteiger partial charge in [-0.15, -0.1) is 0 Å². The molecule has 0 fully saturated rings. The minimum atomic E-state index is -4.57. The van der Waals surface area contributed by atoms with Crippen molar-refractivity contribution < 1.29 is 32.2 Å². The molecule has 2 aromatic rings. The summed E-state index contributed by atoms with van der Waals surface area (Å²) >= 11 is 0. The summed E-state index contributed by atoms with van der Waals surface area (Å²) in [6.07, 6.45) is -5.73. The molecule has 1 N–H and O–H groups in total. The lowest BCUT2D eigenvalue weighted by atomic mass is 10.1. The van der Waals surface area contributed by atoms with Gasteiger partial charge in [-0.1, -0.05) is 18.2 Å². The number of benzene rings is 2. The zero-order valence-electron chi connectivity index (χ0n) is 14.7. The summed E-state index contributed by atoms with van der Waals surface area (Å²) in [6, 6.07) is 10.8. The van der Waals surface area contributed by atoms with Crippen molar-refractivity contribution in [1.29, 1.82) is 0 Å². The van der Waals surface area contributed by atoms with E-state index in [1.165, 1.54) is 20.1 Å². The second-order valence-corrected chi connectivity index (χ2v) is 5.69. The van der Waals surface area contributed by atoms with Gasteiger partial charge < -0.3 is 14.8 Å². The molecule has 0 aliphatic rings. The summed E-state index contributed by atoms with van der Waals surface area (Å²) in [6.45, 7) is 1.54. The van der Waals surface area contributed by atoms with Crippen molar-refractivity contribution in [2.75, 3.05) is 7.11 Å². The second-order valence-electron chi connectivity index (χ2n) is 5.69. The fraction of sp³-hybridized carbons (Fsp3) is 0.263. The van der Waals surface area contributed by atoms with Crippen molar-refractivity contribution in [1.82, 2.24) is 5.32 Å². The number of amides is 1. The standard InChI is InChI=1S/C19H18F3NO4/c1-12(17(24)23-11-13-6-8-16(26-2)9-7-13)27-18(25)14-4-3-5-15(10-14)19(20,21)22/h3-10,12H,11H2,1-2H3,(H,23,24)/t12-/m1/s1. The van der Waals surface area contributed by atoms with Crippen LogP contribution in [-0.4, -0.2) is 25.1 Å². The van der Waals surface area contributed by atoms with E-state index in [1.807, 2.05) is 0 Å². The molecule has 2 aromatic carbocycles. The summed E-state index contributed by atoms with van der Waals surface area (Å²) in [5.41, 5.74) is -0.436. The van der Waals surface area contributed by atoms with Gasteiger partial charge in [0, 0.05) is 6.54 Å². The van der Waals surface area contributed by atoms with Gasteiger partial charge in [0.2, 0.25) is 0 Å². The number of ether oxygens (including phenoxy) is 2. The fourth-order valence-corrected chi connectivity index (χ4v) is 2.18. The van der Waals surface area contributed by atoms with E-state index in [-0.39, 0.29) is 12.1 Å². The molecule has 1 atom stereocenters. The van der Waals surface area contributed by atoms with Gasteiger partial charge >= 0.3 is 12.1 Å². The molecule has 144 valence electrons. The number of carbonyl (C=O) groups excluding carboxylic acids is 2. The van der Waals surface area contributed by atoms with Gasteiger partial charge in [0.25, 0.3) is 5.91 Å². The van der Waals surface area contributed by atoms with E-state index in [2.05, 4.69) is 5.32 Å². The number of alkyl halides is 3. The van der Waals surface area contributed by atoms with Crippen molar-refractivity contribution in [2.45, 2.75) is 25.7 Å². The van der Waals surface area contributed by atoms with Gasteiger partial charge in [0.1, 0.15) is 5.75 Å². The van der Waals surface area contributed by atoms with Crippen LogP contribution in [0.1, 0.15) is 28.4 Å². The van der Waals surface area contributed by atoms with E-state index in [0.717, 1.165) is 17.7 Å². The van der Waals surface area contributed by atoms with Crippen LogP contribution in [-0.2, 0) is 22.3 Å². The first-order valence-corrected chi connectivity index (χ1v) is 7.99. The van der Waals surface area contributed by atoms with Crippen molar-refractivity contribution in [2.24, 2.45) is 0 Å². The summed E-state index contributed by atoms with van der Waals surface area (Å²) in [5.74, 6) is -0.896. The summed E-state index contributed by atoms with van der Waals surface area (Å²) in [4.78, 5) is 24.0. The van der Waals surface area contributed by atoms with Crippen molar-refractivity contribution in [3.05, 3.63) is 65.2 Å². The molecule has 2 rings (SSSR count). The Hall–Kier alpha value is -3.03. The molecular formula is C19H18F3NO4. The molecule has 0 spiro atoms. The first-order valence-electron chi connectivity index (χ1n) is 7.99. The van der Waals surface area contributed by atoms with Gasteiger partial charge in [-0.05, 0) is 42.8 Å². The number of esters is 1. The topological polar surface area (TPSA) is 64.6 Å². The highest BCUT2D eigenvalue weighted by Crippen LogP contribution is 2.29. The lowest BCUT2D eigenvalue weighted by Crippen LogP contribution is -2.35. The molecule has 8 heteroatoms. The normalized spacial score (nSPS) is 12.2. The molecule has 0 saturated heterocycles. The molecule has 0 aromatic heterocycles. The van der Waals surface area contributed by atoms with Crippen LogP contribution in [0.2, 0.25) is 0 Å². The van der Waals surface area contributed by atoms with E-state index >= 15 is 0 Å². The van der Waals surface area contributed by atoms with Crippen LogP contribution in [0.15, 0.2) is 48.5 Å². The van der Waals surface area contributed by atoms with Gasteiger partial charge in [-0.3, -0.25) is 4.79 Å². The largest absolute Gasteiger partial charge is 0.497 e. The molecule has 0 bridgehead atoms. The van der Waals surface area contributed by atoms with Crippen LogP contribution in [0.4, 0.5) is 13.2 Å². The van der Waals surface area contributed by atoms with Crippen LogP contribution in [0.3, 0.4) is 0 Å². The molecule has 0 unspecified atom stereocenters. The molecule has 0 heterocycles. The van der Waals surface area contributed by atoms with Crippen molar-refractivity contribution >= 4 is 11.9 Å². The van der Waals surface area contributed by atoms with E-state index in [0.29, 0.717) is 11.8 Å². The number of hydrogen-bond donors (Lipinski definition) is 1. The highest BCUT2D eigenvalue weighted by Gasteiger charge is 2.31. The van der Waals surface area contributed by atoms with E-state index in [1.54, 1.807) is 24.3 Å². The third-order valence-corrected chi connectivity index (χ3v) is 3.70. The number of nitrogens with one attached hydrogen (secondary N) is 1. The third kappa shape index (κ3) is 5.73. The summed E-state index contributed by atoms with van der Waals surface area (Å²) < 4.78 is 48.1. The molecule has 5 nitrogen and oxygen atoms in total. The van der Waals surface area contributed by atoms with E-state index in [9.17, 15) is 22.8 Å². The average Bonchev–Trinajstić information content (AvgIpc) is 2.65. The highest BCUT2D eigenvalue weighted by atomic mass is 19.4. The Kier molecular flexibility index (Phi) is 6.44. The average molecular weight is 381 g/mol. The Morgan fingerprint density at radius 2 is 1.78 bits per heavy atom. The van der Waals surface area contributed by atoms with Gasteiger partial charge in [0.15, 0.2) is 6.10 Å². The van der Waals surface area contributed by atoms with Crippen LogP contribution in [0.5, 0.6) is 5.75 Å².